The zero-order valence-electron chi connectivity index (χ0n) is 47.3. The number of halogens is 5. The van der Waals surface area contributed by atoms with E-state index in [9.17, 15) is 27.2 Å². The van der Waals surface area contributed by atoms with Crippen LogP contribution in [0.25, 0.3) is 0 Å². The van der Waals surface area contributed by atoms with Crippen molar-refractivity contribution in [3.05, 3.63) is 68.7 Å². The van der Waals surface area contributed by atoms with Crippen LogP contribution in [0, 0.1) is 44.4 Å². The van der Waals surface area contributed by atoms with E-state index in [1.807, 2.05) is 58.0 Å². The summed E-state index contributed by atoms with van der Waals surface area (Å²) >= 11 is 1.45. The van der Waals surface area contributed by atoms with Gasteiger partial charge in [-0.05, 0) is 151 Å². The molecule has 2 atom stereocenters. The van der Waals surface area contributed by atoms with Crippen LogP contribution in [0.4, 0.5) is 17.6 Å². The van der Waals surface area contributed by atoms with E-state index in [0.29, 0.717) is 70.1 Å². The van der Waals surface area contributed by atoms with Crippen molar-refractivity contribution in [1.29, 1.82) is 0 Å². The Labute approximate surface area is 474 Å². The number of benzene rings is 2. The van der Waals surface area contributed by atoms with Gasteiger partial charge in [-0.25, -0.2) is 9.98 Å². The fourth-order valence-electron chi connectivity index (χ4n) is 13.8. The van der Waals surface area contributed by atoms with E-state index >= 15 is 0 Å². The Morgan fingerprint density at radius 2 is 1.05 bits per heavy atom. The topological polar surface area (TPSA) is 136 Å². The summed E-state index contributed by atoms with van der Waals surface area (Å²) in [5.41, 5.74) is 14.2. The molecule has 2 aliphatic heterocycles. The fraction of sp³-hybridized carbons (Fsp3) is 0.677. The number of ether oxygens (including phenoxy) is 2. The van der Waals surface area contributed by atoms with E-state index in [1.54, 1.807) is 23.1 Å². The van der Waals surface area contributed by atoms with Gasteiger partial charge >= 0.3 is 133 Å². The third-order valence-electron chi connectivity index (χ3n) is 18.2. The number of carbonyl (C=O) groups excluding carboxylic acids is 2. The number of nitrogens with two attached hydrogens (primary N) is 2. The van der Waals surface area contributed by atoms with E-state index in [0.717, 1.165) is 51.0 Å². The molecule has 4 spiro atoms. The molecule has 4 fully saturated rings. The van der Waals surface area contributed by atoms with E-state index < -0.39 is 65.7 Å². The Morgan fingerprint density at radius 1 is 0.641 bits per heavy atom. The van der Waals surface area contributed by atoms with Crippen LogP contribution < -0.4 is 11.5 Å². The first-order valence-corrected chi connectivity index (χ1v) is 37.7. The first-order chi connectivity index (χ1) is 37.2. The molecule has 2 amide bonds. The number of fused-ring (bicyclic) bond motifs is 6. The summed E-state index contributed by atoms with van der Waals surface area (Å²) in [6.07, 6.45) is 18.1. The van der Waals surface area contributed by atoms with Crippen molar-refractivity contribution in [3.63, 3.8) is 0 Å². The van der Waals surface area contributed by atoms with Crippen LogP contribution in [0.1, 0.15) is 192 Å². The van der Waals surface area contributed by atoms with Crippen molar-refractivity contribution in [2.45, 2.75) is 239 Å². The van der Waals surface area contributed by atoms with E-state index in [4.69, 9.17) is 30.9 Å². The minimum absolute atomic E-state index is 0.106. The minimum atomic E-state index is -2.78. The molecule has 2 aromatic carbocycles. The quantitative estimate of drug-likeness (QED) is 0.104. The summed E-state index contributed by atoms with van der Waals surface area (Å²) in [7, 11) is 0. The first kappa shape index (κ1) is 60.5. The van der Waals surface area contributed by atoms with E-state index in [2.05, 4.69) is 64.5 Å². The third kappa shape index (κ3) is 12.4. The number of aliphatic imine (C=N–C) groups is 2. The van der Waals surface area contributed by atoms with Gasteiger partial charge in [0.2, 0.25) is 0 Å². The van der Waals surface area contributed by atoms with Gasteiger partial charge < -0.3 is 20.9 Å². The van der Waals surface area contributed by atoms with Crippen LogP contribution in [0.15, 0.2) is 50.9 Å². The van der Waals surface area contributed by atoms with Gasteiger partial charge in [-0.15, -0.1) is 0 Å². The summed E-state index contributed by atoms with van der Waals surface area (Å²) in [5.74, 6) is 11.8. The molecule has 0 bridgehead atoms. The van der Waals surface area contributed by atoms with Gasteiger partial charge in [0.05, 0.1) is 12.2 Å². The Balaban J connectivity index is 0.000000161. The van der Waals surface area contributed by atoms with Gasteiger partial charge in [-0.1, -0.05) is 39.9 Å². The molecule has 0 saturated heterocycles. The predicted molar refractivity (Wildman–Crippen MR) is 307 cm³/mol. The fourth-order valence-corrected chi connectivity index (χ4v) is 27.7. The van der Waals surface area contributed by atoms with Crippen molar-refractivity contribution in [2.75, 3.05) is 0 Å². The monoisotopic (exact) mass is 1250 g/mol. The molecule has 10 nitrogen and oxygen atoms in total. The van der Waals surface area contributed by atoms with Crippen molar-refractivity contribution < 1.29 is 36.6 Å². The Bertz CT molecular complexity index is 2650. The molecule has 8 aliphatic rings. The van der Waals surface area contributed by atoms with Crippen molar-refractivity contribution in [1.82, 2.24) is 9.80 Å². The molecule has 78 heavy (non-hydrogen) atoms. The average molecular weight is 1250 g/mol. The van der Waals surface area contributed by atoms with E-state index in [-0.39, 0.29) is 35.8 Å². The molecule has 4 saturated carbocycles. The molecule has 2 heterocycles. The predicted octanol–water partition coefficient (Wildman–Crippen LogP) is 13.7. The normalized spacial score (nSPS) is 27.9. The van der Waals surface area contributed by atoms with Gasteiger partial charge in [0.25, 0.3) is 11.8 Å². The summed E-state index contributed by atoms with van der Waals surface area (Å²) < 4.78 is 70.0. The number of amides is 2. The number of hydrogen-bond acceptors (Lipinski definition) is 8. The number of nitrogens with zero attached hydrogens (tertiary/aromatic N) is 4. The van der Waals surface area contributed by atoms with Gasteiger partial charge in [0, 0.05) is 38.9 Å². The zero-order chi connectivity index (χ0) is 56.2. The van der Waals surface area contributed by atoms with Crippen molar-refractivity contribution >= 4 is 58.0 Å². The zero-order valence-corrected chi connectivity index (χ0v) is 51.8. The number of carbonyl (C=O) groups is 2. The van der Waals surface area contributed by atoms with Crippen LogP contribution >= 0.6 is 15.9 Å². The van der Waals surface area contributed by atoms with Gasteiger partial charge in [0.1, 0.15) is 0 Å². The molecule has 0 radical (unpaired) electrons. The van der Waals surface area contributed by atoms with Crippen molar-refractivity contribution in [3.8, 4) is 21.7 Å². The Kier molecular flexibility index (Phi) is 19.6. The SMILES string of the molecule is CC(C)N1C(=O)C2(N=C1N)c1cc(Br)ccc1CC21CCC(OC(F)F)CC1.CC(C)N1C(=O)C2(N=C1N)c1cc(C#CC3CC3)ccc1CC21CCC(OC(F)F)CC1.CCC[CH2][Sn]([C]#CC1CC1)([CH2]CCC)[CH2]CCC. The summed E-state index contributed by atoms with van der Waals surface area (Å²) in [6.45, 7) is 9.13. The van der Waals surface area contributed by atoms with Crippen LogP contribution in [0.2, 0.25) is 13.3 Å². The number of hydrogen-bond donors (Lipinski definition) is 2. The van der Waals surface area contributed by atoms with Crippen LogP contribution in [0.5, 0.6) is 0 Å². The second-order valence-electron chi connectivity index (χ2n) is 24.4. The molecular formula is C62H85BrF4N6O4Sn. The molecule has 4 N–H and O–H groups in total. The molecule has 426 valence electrons. The molecule has 16 heteroatoms. The molecule has 0 aromatic heterocycles. The first-order valence-electron chi connectivity index (χ1n) is 29.4. The second-order valence-corrected chi connectivity index (χ2v) is 37.6. The van der Waals surface area contributed by atoms with E-state index in [1.165, 1.54) is 51.4 Å². The summed E-state index contributed by atoms with van der Waals surface area (Å²) in [4.78, 5) is 40.6. The maximum absolute atomic E-state index is 14.0. The molecule has 6 aliphatic carbocycles. The summed E-state index contributed by atoms with van der Waals surface area (Å²) in [5, 5.41) is 0. The van der Waals surface area contributed by atoms with Crippen molar-refractivity contribution in [2.24, 2.45) is 44.1 Å². The molecule has 2 unspecified atom stereocenters. The maximum atomic E-state index is 14.0. The van der Waals surface area contributed by atoms with Crippen LogP contribution in [-0.2, 0) is 43.0 Å². The second kappa shape index (κ2) is 25.2. The standard InChI is InChI=1S/C25H29F2N3O2.C20H24BrF2N3O2.C5H5.3C4H9.Sn/c1-15(2)30-21(31)25(29-23(30)28)20-13-17(6-5-16-3-4-16)7-8-18(20)14-24(25)11-9-19(10-12-24)32-22(26)27;1-11(2)26-16(27)20(25-18(26)24)15-9-13(21)4-3-12(15)10-19(20)7-5-14(6-8-19)28-17(22)23;1-2-5-3-4-5;3*1-3-4-2;/h7-8,13,15-16,19,22H,3-4,9-12,14H2,1-2H3,(H2,28,29);3-4,9,11,14,17H,5-8,10H2,1-2H3,(H2,24,25);5H,3-4H2;3*1,3-4H2,2H3;. The summed E-state index contributed by atoms with van der Waals surface area (Å²) in [6, 6.07) is 11.8. The van der Waals surface area contributed by atoms with Gasteiger partial charge in [-0.3, -0.25) is 19.4 Å². The number of guanidine groups is 2. The van der Waals surface area contributed by atoms with Gasteiger partial charge in [0.15, 0.2) is 23.0 Å². The average Bonchev–Trinajstić information content (AvgIpc) is 3.80. The molecule has 10 rings (SSSR count). The Hall–Kier alpha value is -3.64. The number of rotatable bonds is 15. The number of alkyl halides is 4. The van der Waals surface area contributed by atoms with Crippen LogP contribution in [-0.4, -0.2) is 89.4 Å². The third-order valence-corrected chi connectivity index (χ3v) is 31.9. The number of unbranched alkanes of at least 4 members (excludes halogenated alkanes) is 3. The van der Waals surface area contributed by atoms with Gasteiger partial charge in [-0.2, -0.15) is 17.6 Å². The molecule has 2 aromatic rings. The molecular weight excluding hydrogens is 1170 g/mol. The Morgan fingerprint density at radius 3 is 1.44 bits per heavy atom. The van der Waals surface area contributed by atoms with Crippen LogP contribution in [0.3, 0.4) is 0 Å².